The van der Waals surface area contributed by atoms with E-state index in [1.54, 1.807) is 25.6 Å². The second-order valence-corrected chi connectivity index (χ2v) is 7.86. The average molecular weight is 314 g/mol. The van der Waals surface area contributed by atoms with E-state index in [0.29, 0.717) is 17.9 Å². The van der Waals surface area contributed by atoms with Crippen LogP contribution in [0.3, 0.4) is 0 Å². The van der Waals surface area contributed by atoms with E-state index in [-0.39, 0.29) is 10.8 Å². The van der Waals surface area contributed by atoms with Crippen molar-refractivity contribution in [1.29, 1.82) is 0 Å². The smallest absolute Gasteiger partial charge is 0.244 e. The Labute approximate surface area is 127 Å². The molecule has 1 saturated carbocycles. The molecule has 6 nitrogen and oxygen atoms in total. The maximum absolute atomic E-state index is 12.8. The lowest BCUT2D eigenvalue weighted by atomic mass is 9.74. The molecular formula is C14H26N4O2S. The molecule has 21 heavy (non-hydrogen) atoms. The minimum Gasteiger partial charge on any atom is -0.329 e. The largest absolute Gasteiger partial charge is 0.329 e. The molecule has 2 rings (SSSR count). The fourth-order valence-electron chi connectivity index (χ4n) is 3.37. The van der Waals surface area contributed by atoms with Crippen LogP contribution in [0.15, 0.2) is 4.90 Å². The Hall–Kier alpha value is -0.920. The second-order valence-electron chi connectivity index (χ2n) is 6.24. The number of hydrogen-bond donors (Lipinski definition) is 2. The maximum atomic E-state index is 12.8. The predicted octanol–water partition coefficient (Wildman–Crippen LogP) is 1.22. The van der Waals surface area contributed by atoms with Gasteiger partial charge in [0.05, 0.1) is 11.4 Å². The van der Waals surface area contributed by atoms with Crippen LogP contribution in [-0.2, 0) is 17.1 Å². The first-order valence-electron chi connectivity index (χ1n) is 7.48. The lowest BCUT2D eigenvalue weighted by Crippen LogP contribution is -2.59. The highest BCUT2D eigenvalue weighted by Gasteiger charge is 2.41. The van der Waals surface area contributed by atoms with Gasteiger partial charge in [-0.15, -0.1) is 0 Å². The Kier molecular flexibility index (Phi) is 4.46. The van der Waals surface area contributed by atoms with E-state index in [1.807, 2.05) is 0 Å². The summed E-state index contributed by atoms with van der Waals surface area (Å²) >= 11 is 0. The van der Waals surface area contributed by atoms with Crippen molar-refractivity contribution in [3.8, 4) is 0 Å². The summed E-state index contributed by atoms with van der Waals surface area (Å²) in [6.07, 6.45) is 3.94. The highest BCUT2D eigenvalue weighted by atomic mass is 32.2. The molecule has 3 N–H and O–H groups in total. The second kappa shape index (κ2) is 5.70. The standard InChI is InChI=1S/C14H26N4O2S/c1-10-7-5-6-8-14(10,9-15)17-21(19,20)13-11(2)16-18(4)12(13)3/h10,17H,5-9,15H2,1-4H3. The van der Waals surface area contributed by atoms with Crippen LogP contribution in [0.2, 0.25) is 0 Å². The highest BCUT2D eigenvalue weighted by Crippen LogP contribution is 2.34. The van der Waals surface area contributed by atoms with Gasteiger partial charge in [0.15, 0.2) is 0 Å². The van der Waals surface area contributed by atoms with Gasteiger partial charge >= 0.3 is 0 Å². The monoisotopic (exact) mass is 314 g/mol. The van der Waals surface area contributed by atoms with Crippen molar-refractivity contribution in [3.05, 3.63) is 11.4 Å². The molecule has 0 bridgehead atoms. The topological polar surface area (TPSA) is 90.0 Å². The quantitative estimate of drug-likeness (QED) is 0.874. The Morgan fingerprint density at radius 1 is 1.43 bits per heavy atom. The molecule has 1 aliphatic rings. The van der Waals surface area contributed by atoms with Gasteiger partial charge in [-0.2, -0.15) is 5.10 Å². The molecule has 2 atom stereocenters. The summed E-state index contributed by atoms with van der Waals surface area (Å²) in [5, 5.41) is 4.20. The molecule has 0 aliphatic heterocycles. The third kappa shape index (κ3) is 2.86. The SMILES string of the molecule is Cc1nn(C)c(C)c1S(=O)(=O)NC1(CN)CCCCC1C. The summed E-state index contributed by atoms with van der Waals surface area (Å²) < 4.78 is 30.2. The zero-order valence-electron chi connectivity index (χ0n) is 13.3. The summed E-state index contributed by atoms with van der Waals surface area (Å²) in [4.78, 5) is 0.288. The molecule has 0 spiro atoms. The van der Waals surface area contributed by atoms with Crippen LogP contribution >= 0.6 is 0 Å². The van der Waals surface area contributed by atoms with Crippen LogP contribution in [0.25, 0.3) is 0 Å². The molecule has 2 unspecified atom stereocenters. The number of nitrogens with one attached hydrogen (secondary N) is 1. The van der Waals surface area contributed by atoms with Crippen LogP contribution in [-0.4, -0.2) is 30.3 Å². The minimum absolute atomic E-state index is 0.239. The fourth-order valence-corrected chi connectivity index (χ4v) is 5.35. The normalized spacial score (nSPS) is 27.0. The van der Waals surface area contributed by atoms with Crippen LogP contribution in [0.4, 0.5) is 0 Å². The Balaban J connectivity index is 2.40. The van der Waals surface area contributed by atoms with E-state index in [2.05, 4.69) is 16.7 Å². The molecular weight excluding hydrogens is 288 g/mol. The Morgan fingerprint density at radius 3 is 2.57 bits per heavy atom. The molecule has 0 aromatic carbocycles. The van der Waals surface area contributed by atoms with E-state index in [4.69, 9.17) is 5.73 Å². The van der Waals surface area contributed by atoms with Crippen LogP contribution < -0.4 is 10.5 Å². The van der Waals surface area contributed by atoms with Crippen molar-refractivity contribution in [1.82, 2.24) is 14.5 Å². The van der Waals surface area contributed by atoms with E-state index >= 15 is 0 Å². The van der Waals surface area contributed by atoms with Crippen molar-refractivity contribution in [2.24, 2.45) is 18.7 Å². The van der Waals surface area contributed by atoms with Crippen LogP contribution in [0.1, 0.15) is 44.0 Å². The molecule has 1 aromatic heterocycles. The van der Waals surface area contributed by atoms with Crippen molar-refractivity contribution in [2.45, 2.75) is 56.9 Å². The van der Waals surface area contributed by atoms with Crippen LogP contribution in [0.5, 0.6) is 0 Å². The average Bonchev–Trinajstić information content (AvgIpc) is 2.66. The first-order valence-corrected chi connectivity index (χ1v) is 8.96. The molecule has 1 heterocycles. The molecule has 120 valence electrons. The Bertz CT molecular complexity index is 623. The lowest BCUT2D eigenvalue weighted by Gasteiger charge is -2.42. The van der Waals surface area contributed by atoms with Gasteiger partial charge in [-0.25, -0.2) is 13.1 Å². The predicted molar refractivity (Wildman–Crippen MR) is 82.4 cm³/mol. The van der Waals surface area contributed by atoms with E-state index in [1.165, 1.54) is 0 Å². The summed E-state index contributed by atoms with van der Waals surface area (Å²) in [7, 11) is -1.86. The van der Waals surface area contributed by atoms with Gasteiger partial charge < -0.3 is 5.73 Å². The molecule has 1 fully saturated rings. The van der Waals surface area contributed by atoms with Crippen molar-refractivity contribution < 1.29 is 8.42 Å². The summed E-state index contributed by atoms with van der Waals surface area (Å²) in [6, 6.07) is 0. The number of aryl methyl sites for hydroxylation is 2. The van der Waals surface area contributed by atoms with E-state index in [0.717, 1.165) is 25.7 Å². The lowest BCUT2D eigenvalue weighted by molar-refractivity contribution is 0.191. The summed E-state index contributed by atoms with van der Waals surface area (Å²) in [6.45, 7) is 5.90. The van der Waals surface area contributed by atoms with Gasteiger partial charge in [0.2, 0.25) is 10.0 Å². The minimum atomic E-state index is -3.62. The van der Waals surface area contributed by atoms with Gasteiger partial charge in [0, 0.05) is 19.1 Å². The Morgan fingerprint density at radius 2 is 2.10 bits per heavy atom. The number of sulfonamides is 1. The molecule has 1 aliphatic carbocycles. The zero-order valence-corrected chi connectivity index (χ0v) is 14.1. The molecule has 0 saturated heterocycles. The van der Waals surface area contributed by atoms with Crippen molar-refractivity contribution in [3.63, 3.8) is 0 Å². The summed E-state index contributed by atoms with van der Waals surface area (Å²) in [5.74, 6) is 0.239. The third-order valence-corrected chi connectivity index (χ3v) is 6.67. The fraction of sp³-hybridized carbons (Fsp3) is 0.786. The maximum Gasteiger partial charge on any atom is 0.244 e. The van der Waals surface area contributed by atoms with Crippen LogP contribution in [0, 0.1) is 19.8 Å². The molecule has 0 radical (unpaired) electrons. The van der Waals surface area contributed by atoms with Gasteiger partial charge in [0.1, 0.15) is 4.90 Å². The van der Waals surface area contributed by atoms with Crippen molar-refractivity contribution >= 4 is 10.0 Å². The van der Waals surface area contributed by atoms with Gasteiger partial charge in [-0.3, -0.25) is 4.68 Å². The molecule has 1 aromatic rings. The molecule has 7 heteroatoms. The van der Waals surface area contributed by atoms with Gasteiger partial charge in [-0.05, 0) is 32.6 Å². The third-order valence-electron chi connectivity index (χ3n) is 4.87. The first kappa shape index (κ1) is 16.5. The van der Waals surface area contributed by atoms with E-state index < -0.39 is 15.6 Å². The highest BCUT2D eigenvalue weighted by molar-refractivity contribution is 7.89. The molecule has 0 amide bonds. The first-order chi connectivity index (χ1) is 9.73. The van der Waals surface area contributed by atoms with Gasteiger partial charge in [-0.1, -0.05) is 19.8 Å². The number of hydrogen-bond acceptors (Lipinski definition) is 4. The van der Waals surface area contributed by atoms with Gasteiger partial charge in [0.25, 0.3) is 0 Å². The zero-order chi connectivity index (χ0) is 15.8. The number of nitrogens with two attached hydrogens (primary N) is 1. The van der Waals surface area contributed by atoms with E-state index in [9.17, 15) is 8.42 Å². The number of nitrogens with zero attached hydrogens (tertiary/aromatic N) is 2. The number of rotatable bonds is 4. The number of aromatic nitrogens is 2. The summed E-state index contributed by atoms with van der Waals surface area (Å²) in [5.41, 5.74) is 6.59. The van der Waals surface area contributed by atoms with Crippen molar-refractivity contribution in [2.75, 3.05) is 6.54 Å².